The Morgan fingerprint density at radius 2 is 2.14 bits per heavy atom. The largest absolute Gasteiger partial charge is 0.492 e. The van der Waals surface area contributed by atoms with Crippen molar-refractivity contribution in [2.45, 2.75) is 26.3 Å². The SMILES string of the molecule is CCCOc1cncc(C(NC)c2cccc(C)c2Cl)c1. The van der Waals surface area contributed by atoms with Crippen LogP contribution in [0.3, 0.4) is 0 Å². The zero-order valence-corrected chi connectivity index (χ0v) is 13.4. The van der Waals surface area contributed by atoms with Crippen molar-refractivity contribution in [3.63, 3.8) is 0 Å². The van der Waals surface area contributed by atoms with Gasteiger partial charge in [0.15, 0.2) is 0 Å². The van der Waals surface area contributed by atoms with Crippen LogP contribution in [0.15, 0.2) is 36.7 Å². The van der Waals surface area contributed by atoms with Gasteiger partial charge in [0.05, 0.1) is 18.8 Å². The molecule has 0 bridgehead atoms. The molecular weight excluding hydrogens is 284 g/mol. The zero-order valence-electron chi connectivity index (χ0n) is 12.7. The van der Waals surface area contributed by atoms with Crippen molar-refractivity contribution in [2.24, 2.45) is 0 Å². The van der Waals surface area contributed by atoms with E-state index in [0.29, 0.717) is 6.61 Å². The van der Waals surface area contributed by atoms with Crippen LogP contribution < -0.4 is 10.1 Å². The van der Waals surface area contributed by atoms with E-state index in [-0.39, 0.29) is 6.04 Å². The van der Waals surface area contributed by atoms with Crippen molar-refractivity contribution in [3.05, 3.63) is 58.4 Å². The van der Waals surface area contributed by atoms with Crippen LogP contribution in [0.25, 0.3) is 0 Å². The van der Waals surface area contributed by atoms with Crippen molar-refractivity contribution < 1.29 is 4.74 Å². The molecule has 0 aliphatic rings. The van der Waals surface area contributed by atoms with Gasteiger partial charge in [0, 0.05) is 11.2 Å². The first-order valence-corrected chi connectivity index (χ1v) is 7.55. The molecule has 2 aromatic rings. The summed E-state index contributed by atoms with van der Waals surface area (Å²) in [5.41, 5.74) is 3.16. The molecule has 0 aliphatic carbocycles. The molecule has 0 saturated heterocycles. The molecule has 1 atom stereocenters. The molecule has 0 fully saturated rings. The van der Waals surface area contributed by atoms with E-state index in [4.69, 9.17) is 16.3 Å². The van der Waals surface area contributed by atoms with Gasteiger partial charge in [0.2, 0.25) is 0 Å². The van der Waals surface area contributed by atoms with Crippen LogP contribution in [0.2, 0.25) is 5.02 Å². The number of nitrogens with one attached hydrogen (secondary N) is 1. The highest BCUT2D eigenvalue weighted by Gasteiger charge is 2.17. The molecule has 0 radical (unpaired) electrons. The Kier molecular flexibility index (Phi) is 5.59. The number of ether oxygens (including phenoxy) is 1. The molecule has 1 unspecified atom stereocenters. The maximum Gasteiger partial charge on any atom is 0.137 e. The van der Waals surface area contributed by atoms with E-state index in [1.54, 1.807) is 6.20 Å². The zero-order chi connectivity index (χ0) is 15.2. The first-order chi connectivity index (χ1) is 10.2. The van der Waals surface area contributed by atoms with Crippen LogP contribution in [0.4, 0.5) is 0 Å². The summed E-state index contributed by atoms with van der Waals surface area (Å²) in [5, 5.41) is 4.09. The second kappa shape index (κ2) is 7.43. The van der Waals surface area contributed by atoms with Gasteiger partial charge in [-0.05, 0) is 43.1 Å². The summed E-state index contributed by atoms with van der Waals surface area (Å²) in [5.74, 6) is 0.790. The van der Waals surface area contributed by atoms with Gasteiger partial charge in [-0.25, -0.2) is 0 Å². The van der Waals surface area contributed by atoms with Gasteiger partial charge in [0.1, 0.15) is 5.75 Å². The van der Waals surface area contributed by atoms with Gasteiger partial charge in [-0.15, -0.1) is 0 Å². The number of pyridine rings is 1. The number of benzene rings is 1. The molecule has 0 amide bonds. The van der Waals surface area contributed by atoms with Gasteiger partial charge in [-0.2, -0.15) is 0 Å². The Morgan fingerprint density at radius 1 is 1.33 bits per heavy atom. The van der Waals surface area contributed by atoms with Crippen molar-refractivity contribution in [1.29, 1.82) is 0 Å². The maximum atomic E-state index is 6.45. The molecule has 21 heavy (non-hydrogen) atoms. The number of aromatic nitrogens is 1. The Hall–Kier alpha value is -1.58. The molecule has 3 nitrogen and oxygen atoms in total. The average molecular weight is 305 g/mol. The predicted molar refractivity (Wildman–Crippen MR) is 87.1 cm³/mol. The fourth-order valence-electron chi connectivity index (χ4n) is 2.29. The van der Waals surface area contributed by atoms with Gasteiger partial charge >= 0.3 is 0 Å². The molecule has 0 spiro atoms. The van der Waals surface area contributed by atoms with Crippen LogP contribution in [-0.2, 0) is 0 Å². The molecule has 1 aromatic heterocycles. The fourth-order valence-corrected chi connectivity index (χ4v) is 2.52. The van der Waals surface area contributed by atoms with Crippen LogP contribution >= 0.6 is 11.6 Å². The number of hydrogen-bond donors (Lipinski definition) is 1. The molecular formula is C17H21ClN2O. The smallest absolute Gasteiger partial charge is 0.137 e. The summed E-state index contributed by atoms with van der Waals surface area (Å²) in [6.45, 7) is 4.79. The van der Waals surface area contributed by atoms with Crippen LogP contribution in [0, 0.1) is 6.92 Å². The van der Waals surface area contributed by atoms with E-state index in [0.717, 1.165) is 33.9 Å². The summed E-state index contributed by atoms with van der Waals surface area (Å²) in [6.07, 6.45) is 4.56. The lowest BCUT2D eigenvalue weighted by Gasteiger charge is -2.19. The molecule has 0 aliphatic heterocycles. The first kappa shape index (κ1) is 15.8. The molecule has 2 rings (SSSR count). The molecule has 1 aromatic carbocycles. The average Bonchev–Trinajstić information content (AvgIpc) is 2.50. The van der Waals surface area contributed by atoms with E-state index >= 15 is 0 Å². The van der Waals surface area contributed by atoms with Gasteiger partial charge < -0.3 is 10.1 Å². The minimum atomic E-state index is -0.00456. The lowest BCUT2D eigenvalue weighted by atomic mass is 9.98. The number of aryl methyl sites for hydroxylation is 1. The number of rotatable bonds is 6. The van der Waals surface area contributed by atoms with E-state index in [1.165, 1.54) is 0 Å². The van der Waals surface area contributed by atoms with E-state index in [1.807, 2.05) is 44.4 Å². The standard InChI is InChI=1S/C17H21ClN2O/c1-4-8-21-14-9-13(10-20-11-14)17(19-3)15-7-5-6-12(2)16(15)18/h5-7,9-11,17,19H,4,8H2,1-3H3. The van der Waals surface area contributed by atoms with Crippen LogP contribution in [-0.4, -0.2) is 18.6 Å². The molecule has 1 heterocycles. The topological polar surface area (TPSA) is 34.1 Å². The Labute approximate surface area is 131 Å². The second-order valence-electron chi connectivity index (χ2n) is 5.00. The van der Waals surface area contributed by atoms with Crippen LogP contribution in [0.1, 0.15) is 36.1 Å². The minimum absolute atomic E-state index is 0.00456. The van der Waals surface area contributed by atoms with Gasteiger partial charge in [0.25, 0.3) is 0 Å². The van der Waals surface area contributed by atoms with E-state index < -0.39 is 0 Å². The summed E-state index contributed by atoms with van der Waals surface area (Å²) < 4.78 is 5.66. The van der Waals surface area contributed by atoms with Gasteiger partial charge in [-0.1, -0.05) is 36.7 Å². The normalized spacial score (nSPS) is 12.2. The van der Waals surface area contributed by atoms with Crippen molar-refractivity contribution >= 4 is 11.6 Å². The lowest BCUT2D eigenvalue weighted by Crippen LogP contribution is -2.18. The lowest BCUT2D eigenvalue weighted by molar-refractivity contribution is 0.315. The van der Waals surface area contributed by atoms with Crippen molar-refractivity contribution in [1.82, 2.24) is 10.3 Å². The van der Waals surface area contributed by atoms with Crippen molar-refractivity contribution in [3.8, 4) is 5.75 Å². The predicted octanol–water partition coefficient (Wildman–Crippen LogP) is 4.14. The molecule has 1 N–H and O–H groups in total. The molecule has 0 saturated carbocycles. The molecule has 4 heteroatoms. The summed E-state index contributed by atoms with van der Waals surface area (Å²) in [6, 6.07) is 8.08. The third kappa shape index (κ3) is 3.74. The van der Waals surface area contributed by atoms with Crippen molar-refractivity contribution in [2.75, 3.05) is 13.7 Å². The monoisotopic (exact) mass is 304 g/mol. The summed E-state index contributed by atoms with van der Waals surface area (Å²) in [4.78, 5) is 4.28. The third-order valence-electron chi connectivity index (χ3n) is 3.36. The first-order valence-electron chi connectivity index (χ1n) is 7.17. The highest BCUT2D eigenvalue weighted by atomic mass is 35.5. The summed E-state index contributed by atoms with van der Waals surface area (Å²) >= 11 is 6.45. The van der Waals surface area contributed by atoms with Crippen LogP contribution in [0.5, 0.6) is 5.75 Å². The Morgan fingerprint density at radius 3 is 2.86 bits per heavy atom. The van der Waals surface area contributed by atoms with E-state index in [9.17, 15) is 0 Å². The Balaban J connectivity index is 2.35. The minimum Gasteiger partial charge on any atom is -0.492 e. The maximum absolute atomic E-state index is 6.45. The number of hydrogen-bond acceptors (Lipinski definition) is 3. The highest BCUT2D eigenvalue weighted by Crippen LogP contribution is 2.31. The highest BCUT2D eigenvalue weighted by molar-refractivity contribution is 6.32. The second-order valence-corrected chi connectivity index (χ2v) is 5.38. The van der Waals surface area contributed by atoms with E-state index in [2.05, 4.69) is 17.2 Å². The summed E-state index contributed by atoms with van der Waals surface area (Å²) in [7, 11) is 1.92. The third-order valence-corrected chi connectivity index (χ3v) is 3.88. The number of halogens is 1. The Bertz CT molecular complexity index is 601. The number of nitrogens with zero attached hydrogens (tertiary/aromatic N) is 1. The quantitative estimate of drug-likeness (QED) is 0.871. The fraction of sp³-hybridized carbons (Fsp3) is 0.353. The van der Waals surface area contributed by atoms with Gasteiger partial charge in [-0.3, -0.25) is 4.98 Å². The molecule has 112 valence electrons.